The van der Waals surface area contributed by atoms with E-state index < -0.39 is 6.36 Å². The fourth-order valence-electron chi connectivity index (χ4n) is 4.18. The molecular formula is C27H26F3N3O3. The Bertz CT molecular complexity index is 1280. The van der Waals surface area contributed by atoms with E-state index in [1.807, 2.05) is 38.1 Å². The van der Waals surface area contributed by atoms with Crippen LogP contribution in [0.4, 0.5) is 29.3 Å². The highest BCUT2D eigenvalue weighted by Crippen LogP contribution is 2.31. The van der Waals surface area contributed by atoms with Crippen LogP contribution in [0.3, 0.4) is 0 Å². The van der Waals surface area contributed by atoms with Crippen molar-refractivity contribution >= 4 is 23.3 Å². The number of anilines is 2. The minimum absolute atomic E-state index is 0.126. The SMILES string of the molecule is Cc1cccc(C(=O)Nc2cc(C)ccc2N2CCCN(Cc3cccc(OC(F)(F)F)c3)C2=O)c1. The summed E-state index contributed by atoms with van der Waals surface area (Å²) in [7, 11) is 0. The fourth-order valence-corrected chi connectivity index (χ4v) is 4.18. The van der Waals surface area contributed by atoms with Gasteiger partial charge in [-0.25, -0.2) is 4.79 Å². The first-order valence-electron chi connectivity index (χ1n) is 11.5. The molecular weight excluding hydrogens is 471 g/mol. The van der Waals surface area contributed by atoms with Gasteiger partial charge in [0.25, 0.3) is 5.91 Å². The molecule has 4 rings (SSSR count). The van der Waals surface area contributed by atoms with Crippen molar-refractivity contribution in [2.75, 3.05) is 23.3 Å². The summed E-state index contributed by atoms with van der Waals surface area (Å²) >= 11 is 0. The Labute approximate surface area is 207 Å². The number of halogens is 3. The topological polar surface area (TPSA) is 61.9 Å². The first-order valence-corrected chi connectivity index (χ1v) is 11.5. The molecule has 0 bridgehead atoms. The number of nitrogens with one attached hydrogen (secondary N) is 1. The standard InChI is InChI=1S/C27H26F3N3O3/c1-18-6-3-8-21(14-18)25(34)31-23-15-19(2)10-11-24(23)33-13-5-12-32(26(33)35)17-20-7-4-9-22(16-20)36-27(28,29)30/h3-4,6-11,14-16H,5,12-13,17H2,1-2H3,(H,31,34). The Balaban J connectivity index is 1.54. The number of amides is 3. The summed E-state index contributed by atoms with van der Waals surface area (Å²) in [5, 5.41) is 2.93. The molecule has 0 aromatic heterocycles. The number of carbonyl (C=O) groups excluding carboxylic acids is 2. The van der Waals surface area contributed by atoms with Crippen molar-refractivity contribution < 1.29 is 27.5 Å². The van der Waals surface area contributed by atoms with E-state index in [1.165, 1.54) is 18.2 Å². The molecule has 0 atom stereocenters. The molecule has 0 saturated carbocycles. The molecule has 3 aromatic rings. The largest absolute Gasteiger partial charge is 0.573 e. The van der Waals surface area contributed by atoms with Crippen molar-refractivity contribution in [3.63, 3.8) is 0 Å². The lowest BCUT2D eigenvalue weighted by molar-refractivity contribution is -0.274. The predicted octanol–water partition coefficient (Wildman–Crippen LogP) is 6.29. The molecule has 0 aliphatic carbocycles. The molecule has 1 aliphatic heterocycles. The lowest BCUT2D eigenvalue weighted by Gasteiger charge is -2.36. The highest BCUT2D eigenvalue weighted by molar-refractivity contribution is 6.07. The molecule has 188 valence electrons. The lowest BCUT2D eigenvalue weighted by Crippen LogP contribution is -2.49. The number of alkyl halides is 3. The Hall–Kier alpha value is -4.01. The first-order chi connectivity index (χ1) is 17.1. The molecule has 3 amide bonds. The highest BCUT2D eigenvalue weighted by Gasteiger charge is 2.32. The minimum Gasteiger partial charge on any atom is -0.406 e. The van der Waals surface area contributed by atoms with Gasteiger partial charge in [-0.05, 0) is 67.8 Å². The van der Waals surface area contributed by atoms with Gasteiger partial charge in [-0.3, -0.25) is 9.69 Å². The van der Waals surface area contributed by atoms with Gasteiger partial charge in [0.1, 0.15) is 5.75 Å². The van der Waals surface area contributed by atoms with Crippen LogP contribution in [0.5, 0.6) is 5.75 Å². The normalized spacial score (nSPS) is 14.1. The summed E-state index contributed by atoms with van der Waals surface area (Å²) in [6, 6.07) is 18.0. The van der Waals surface area contributed by atoms with E-state index in [-0.39, 0.29) is 24.2 Å². The van der Waals surface area contributed by atoms with E-state index in [2.05, 4.69) is 10.1 Å². The second-order valence-corrected chi connectivity index (χ2v) is 8.75. The number of rotatable bonds is 6. The summed E-state index contributed by atoms with van der Waals surface area (Å²) in [5.74, 6) is -0.616. The second-order valence-electron chi connectivity index (χ2n) is 8.75. The molecule has 6 nitrogen and oxygen atoms in total. The molecule has 0 radical (unpaired) electrons. The Morgan fingerprint density at radius 2 is 1.72 bits per heavy atom. The van der Waals surface area contributed by atoms with Crippen molar-refractivity contribution in [3.8, 4) is 5.75 Å². The van der Waals surface area contributed by atoms with E-state index in [9.17, 15) is 22.8 Å². The van der Waals surface area contributed by atoms with Crippen molar-refractivity contribution in [2.24, 2.45) is 0 Å². The van der Waals surface area contributed by atoms with Crippen LogP contribution < -0.4 is 15.0 Å². The maximum Gasteiger partial charge on any atom is 0.573 e. The van der Waals surface area contributed by atoms with E-state index in [4.69, 9.17) is 0 Å². The van der Waals surface area contributed by atoms with Crippen LogP contribution in [-0.4, -0.2) is 36.3 Å². The summed E-state index contributed by atoms with van der Waals surface area (Å²) in [6.45, 7) is 4.83. The molecule has 1 heterocycles. The quantitative estimate of drug-likeness (QED) is 0.436. The number of carbonyl (C=O) groups is 2. The lowest BCUT2D eigenvalue weighted by atomic mass is 10.1. The van der Waals surface area contributed by atoms with Crippen LogP contribution in [0.2, 0.25) is 0 Å². The predicted molar refractivity (Wildman–Crippen MR) is 131 cm³/mol. The van der Waals surface area contributed by atoms with Crippen molar-refractivity contribution in [3.05, 3.63) is 89.0 Å². The van der Waals surface area contributed by atoms with Crippen LogP contribution in [0.1, 0.15) is 33.5 Å². The summed E-state index contributed by atoms with van der Waals surface area (Å²) in [6.07, 6.45) is -4.13. The van der Waals surface area contributed by atoms with Crippen molar-refractivity contribution in [2.45, 2.75) is 33.2 Å². The van der Waals surface area contributed by atoms with Crippen molar-refractivity contribution in [1.29, 1.82) is 0 Å². The molecule has 3 aromatic carbocycles. The molecule has 0 unspecified atom stereocenters. The fraction of sp³-hybridized carbons (Fsp3) is 0.259. The number of nitrogens with zero attached hydrogens (tertiary/aromatic N) is 2. The van der Waals surface area contributed by atoms with E-state index >= 15 is 0 Å². The van der Waals surface area contributed by atoms with Gasteiger partial charge in [0, 0.05) is 25.2 Å². The number of ether oxygens (including phenoxy) is 1. The average molecular weight is 498 g/mol. The third kappa shape index (κ3) is 6.16. The van der Waals surface area contributed by atoms with Gasteiger partial charge in [-0.1, -0.05) is 35.9 Å². The molecule has 1 aliphatic rings. The Morgan fingerprint density at radius 3 is 2.47 bits per heavy atom. The van der Waals surface area contributed by atoms with Gasteiger partial charge in [0.2, 0.25) is 0 Å². The van der Waals surface area contributed by atoms with E-state index in [1.54, 1.807) is 34.1 Å². The minimum atomic E-state index is -4.79. The van der Waals surface area contributed by atoms with Crippen LogP contribution in [0.25, 0.3) is 0 Å². The first kappa shape index (κ1) is 25.1. The number of hydrogen-bond donors (Lipinski definition) is 1. The molecule has 9 heteroatoms. The molecule has 1 N–H and O–H groups in total. The molecule has 0 spiro atoms. The number of urea groups is 1. The smallest absolute Gasteiger partial charge is 0.406 e. The van der Waals surface area contributed by atoms with E-state index in [0.29, 0.717) is 42.0 Å². The molecule has 1 saturated heterocycles. The third-order valence-corrected chi connectivity index (χ3v) is 5.79. The number of benzene rings is 3. The van der Waals surface area contributed by atoms with Crippen LogP contribution >= 0.6 is 0 Å². The van der Waals surface area contributed by atoms with Crippen LogP contribution in [0.15, 0.2) is 66.7 Å². The monoisotopic (exact) mass is 497 g/mol. The maximum atomic E-state index is 13.4. The highest BCUT2D eigenvalue weighted by atomic mass is 19.4. The number of aryl methyl sites for hydroxylation is 2. The van der Waals surface area contributed by atoms with Crippen LogP contribution in [-0.2, 0) is 6.54 Å². The van der Waals surface area contributed by atoms with Gasteiger partial charge in [-0.15, -0.1) is 13.2 Å². The summed E-state index contributed by atoms with van der Waals surface area (Å²) < 4.78 is 41.8. The Morgan fingerprint density at radius 1 is 0.972 bits per heavy atom. The zero-order chi connectivity index (χ0) is 25.9. The van der Waals surface area contributed by atoms with Gasteiger partial charge in [-0.2, -0.15) is 0 Å². The van der Waals surface area contributed by atoms with Gasteiger partial charge < -0.3 is 15.0 Å². The Kier molecular flexibility index (Phi) is 7.19. The van der Waals surface area contributed by atoms with Crippen LogP contribution in [0, 0.1) is 13.8 Å². The summed E-state index contributed by atoms with van der Waals surface area (Å²) in [5.41, 5.74) is 3.97. The van der Waals surface area contributed by atoms with Gasteiger partial charge in [0.05, 0.1) is 11.4 Å². The zero-order valence-electron chi connectivity index (χ0n) is 19.9. The van der Waals surface area contributed by atoms with Crippen molar-refractivity contribution in [1.82, 2.24) is 4.90 Å². The molecule has 36 heavy (non-hydrogen) atoms. The third-order valence-electron chi connectivity index (χ3n) is 5.79. The average Bonchev–Trinajstić information content (AvgIpc) is 2.80. The summed E-state index contributed by atoms with van der Waals surface area (Å²) in [4.78, 5) is 29.5. The second kappa shape index (κ2) is 10.3. The van der Waals surface area contributed by atoms with E-state index in [0.717, 1.165) is 11.1 Å². The molecule has 1 fully saturated rings. The maximum absolute atomic E-state index is 13.4. The number of hydrogen-bond acceptors (Lipinski definition) is 3. The van der Waals surface area contributed by atoms with Gasteiger partial charge in [0.15, 0.2) is 0 Å². The van der Waals surface area contributed by atoms with Gasteiger partial charge >= 0.3 is 12.4 Å². The zero-order valence-corrected chi connectivity index (χ0v) is 19.9.